The summed E-state index contributed by atoms with van der Waals surface area (Å²) in [6.45, 7) is 17.6. The first-order chi connectivity index (χ1) is 34.3. The van der Waals surface area contributed by atoms with E-state index in [1.807, 2.05) is 102 Å². The van der Waals surface area contributed by atoms with Gasteiger partial charge in [0.15, 0.2) is 5.69 Å². The predicted octanol–water partition coefficient (Wildman–Crippen LogP) is 18.3. The number of hydrogen-bond donors (Lipinski definition) is 0. The standard InChI is InChI=1S/C63H37F3N4/c1-67-54-25-15-24-53(63(64,65)66)60(54)52-34-35-55(69-56-36-44(40-16-7-3-8-17-40)26-30-48(56)49-31-27-45(37-57(49)69)41-18-9-4-10-19-41)61(68-2)62(52)70-58-38-46(42-20-11-5-12-21-42)28-32-50(58)51-33-29-47(39-59(51)70)43-22-13-6-14-23-43/h3-39H. The molecule has 0 aliphatic rings. The Balaban J connectivity index is 1.27. The molecule has 0 saturated heterocycles. The fourth-order valence-electron chi connectivity index (χ4n) is 10.2. The number of rotatable bonds is 7. The molecule has 0 spiro atoms. The van der Waals surface area contributed by atoms with Gasteiger partial charge < -0.3 is 9.13 Å². The fourth-order valence-corrected chi connectivity index (χ4v) is 10.2. The van der Waals surface area contributed by atoms with Crippen molar-refractivity contribution in [3.05, 3.63) is 253 Å². The maximum Gasteiger partial charge on any atom is 0.415 e. The third-order valence-corrected chi connectivity index (χ3v) is 13.4. The van der Waals surface area contributed by atoms with Crippen LogP contribution in [0.1, 0.15) is 5.56 Å². The molecule has 0 unspecified atom stereocenters. The van der Waals surface area contributed by atoms with Crippen LogP contribution < -0.4 is 0 Å². The van der Waals surface area contributed by atoms with Crippen molar-refractivity contribution in [1.29, 1.82) is 0 Å². The molecule has 12 aromatic rings. The highest BCUT2D eigenvalue weighted by Gasteiger charge is 2.36. The van der Waals surface area contributed by atoms with Crippen LogP contribution in [0.4, 0.5) is 24.5 Å². The summed E-state index contributed by atoms with van der Waals surface area (Å²) in [7, 11) is 0. The van der Waals surface area contributed by atoms with Gasteiger partial charge in [0.1, 0.15) is 0 Å². The van der Waals surface area contributed by atoms with Crippen LogP contribution in [0.15, 0.2) is 224 Å². The zero-order chi connectivity index (χ0) is 47.5. The Bertz CT molecular complexity index is 3910. The number of hydrogen-bond acceptors (Lipinski definition) is 0. The lowest BCUT2D eigenvalue weighted by atomic mass is 9.94. The molecule has 0 aliphatic heterocycles. The van der Waals surface area contributed by atoms with Crippen molar-refractivity contribution in [3.63, 3.8) is 0 Å². The maximum atomic E-state index is 15.5. The lowest BCUT2D eigenvalue weighted by Gasteiger charge is -2.23. The van der Waals surface area contributed by atoms with Crippen LogP contribution in [0.2, 0.25) is 0 Å². The molecule has 7 heteroatoms. The van der Waals surface area contributed by atoms with Crippen molar-refractivity contribution in [3.8, 4) is 67.0 Å². The van der Waals surface area contributed by atoms with Crippen LogP contribution in [-0.4, -0.2) is 9.13 Å². The van der Waals surface area contributed by atoms with Gasteiger partial charge in [0, 0.05) is 27.1 Å². The number of nitrogens with zero attached hydrogens (tertiary/aromatic N) is 4. The second-order valence-corrected chi connectivity index (χ2v) is 17.3. The van der Waals surface area contributed by atoms with Gasteiger partial charge in [-0.1, -0.05) is 194 Å². The monoisotopic (exact) mass is 906 g/mol. The van der Waals surface area contributed by atoms with Gasteiger partial charge in [-0.2, -0.15) is 13.2 Å². The lowest BCUT2D eigenvalue weighted by Crippen LogP contribution is -2.09. The fraction of sp³-hybridized carbons (Fsp3) is 0.0159. The molecule has 0 atom stereocenters. The van der Waals surface area contributed by atoms with Gasteiger partial charge >= 0.3 is 6.18 Å². The number of fused-ring (bicyclic) bond motifs is 6. The van der Waals surface area contributed by atoms with Crippen molar-refractivity contribution in [2.45, 2.75) is 6.18 Å². The van der Waals surface area contributed by atoms with Crippen molar-refractivity contribution in [2.75, 3.05) is 0 Å². The molecule has 330 valence electrons. The maximum absolute atomic E-state index is 15.5. The van der Waals surface area contributed by atoms with Gasteiger partial charge in [-0.25, -0.2) is 9.69 Å². The van der Waals surface area contributed by atoms with E-state index in [0.29, 0.717) is 16.7 Å². The van der Waals surface area contributed by atoms with E-state index in [0.717, 1.165) is 83.2 Å². The van der Waals surface area contributed by atoms with Crippen molar-refractivity contribution >= 4 is 55.0 Å². The molecule has 4 nitrogen and oxygen atoms in total. The third kappa shape index (κ3) is 6.91. The molecule has 0 N–H and O–H groups in total. The van der Waals surface area contributed by atoms with Gasteiger partial charge in [-0.15, -0.1) is 0 Å². The Hall–Kier alpha value is -9.43. The van der Waals surface area contributed by atoms with Gasteiger partial charge in [-0.05, 0) is 80.4 Å². The molecule has 2 aromatic heterocycles. The molecule has 0 radical (unpaired) electrons. The minimum Gasteiger partial charge on any atom is -0.319 e. The zero-order valence-electron chi connectivity index (χ0n) is 37.3. The summed E-state index contributed by atoms with van der Waals surface area (Å²) in [5.74, 6) is 0. The summed E-state index contributed by atoms with van der Waals surface area (Å²) in [5.41, 5.74) is 10.2. The number of alkyl halides is 3. The van der Waals surface area contributed by atoms with E-state index in [4.69, 9.17) is 6.57 Å². The van der Waals surface area contributed by atoms with E-state index < -0.39 is 11.7 Å². The smallest absolute Gasteiger partial charge is 0.319 e. The average molecular weight is 907 g/mol. The highest BCUT2D eigenvalue weighted by molar-refractivity contribution is 6.15. The van der Waals surface area contributed by atoms with Crippen molar-refractivity contribution < 1.29 is 13.2 Å². The summed E-state index contributed by atoms with van der Waals surface area (Å²) in [5, 5.41) is 3.61. The van der Waals surface area contributed by atoms with Crippen LogP contribution in [-0.2, 0) is 6.18 Å². The summed E-state index contributed by atoms with van der Waals surface area (Å²) in [4.78, 5) is 8.14. The van der Waals surface area contributed by atoms with Crippen LogP contribution in [0.25, 0.3) is 120 Å². The molecule has 0 bridgehead atoms. The number of halogens is 3. The van der Waals surface area contributed by atoms with E-state index in [9.17, 15) is 6.57 Å². The minimum atomic E-state index is -4.83. The Morgan fingerprint density at radius 2 is 0.743 bits per heavy atom. The first kappa shape index (κ1) is 42.0. The quantitative estimate of drug-likeness (QED) is 0.142. The molecule has 70 heavy (non-hydrogen) atoms. The van der Waals surface area contributed by atoms with Gasteiger partial charge in [0.2, 0.25) is 5.69 Å². The molecule has 12 rings (SSSR count). The molecule has 0 amide bonds. The van der Waals surface area contributed by atoms with Gasteiger partial charge in [0.05, 0.1) is 52.1 Å². The summed E-state index contributed by atoms with van der Waals surface area (Å²) in [6, 6.07) is 72.2. The third-order valence-electron chi connectivity index (χ3n) is 13.4. The molecular formula is C63H37F3N4. The van der Waals surface area contributed by atoms with Crippen molar-refractivity contribution in [2.24, 2.45) is 0 Å². The van der Waals surface area contributed by atoms with Crippen LogP contribution in [0, 0.1) is 13.1 Å². The molecule has 0 aliphatic carbocycles. The van der Waals surface area contributed by atoms with Crippen LogP contribution >= 0.6 is 0 Å². The largest absolute Gasteiger partial charge is 0.415 e. The van der Waals surface area contributed by atoms with E-state index in [-0.39, 0.29) is 28.2 Å². The SMILES string of the molecule is [C-]#[N+]c1cccc(C(F)(F)F)c1-c1ccc(-n2c3cc(-c4ccccc4)ccc3c3ccc(-c4ccccc4)cc32)c([N+]#[C-])c1-n1c2cc(-c3ccccc3)ccc2c2ccc(-c3ccccc3)cc21. The normalized spacial score (nSPS) is 11.6. The summed E-state index contributed by atoms with van der Waals surface area (Å²) >= 11 is 0. The first-order valence-corrected chi connectivity index (χ1v) is 22.8. The number of benzene rings is 10. The van der Waals surface area contributed by atoms with Crippen LogP contribution in [0.5, 0.6) is 0 Å². The highest BCUT2D eigenvalue weighted by atomic mass is 19.4. The molecule has 2 heterocycles. The lowest BCUT2D eigenvalue weighted by molar-refractivity contribution is -0.137. The number of aromatic nitrogens is 2. The molecule has 0 saturated carbocycles. The van der Waals surface area contributed by atoms with E-state index >= 15 is 13.2 Å². The summed E-state index contributed by atoms with van der Waals surface area (Å²) in [6.07, 6.45) is -4.83. The second kappa shape index (κ2) is 16.7. The summed E-state index contributed by atoms with van der Waals surface area (Å²) < 4.78 is 50.6. The van der Waals surface area contributed by atoms with Crippen molar-refractivity contribution in [1.82, 2.24) is 9.13 Å². The van der Waals surface area contributed by atoms with Crippen LogP contribution in [0.3, 0.4) is 0 Å². The average Bonchev–Trinajstić information content (AvgIpc) is 3.91. The first-order valence-electron chi connectivity index (χ1n) is 22.8. The second-order valence-electron chi connectivity index (χ2n) is 17.3. The topological polar surface area (TPSA) is 18.6 Å². The van der Waals surface area contributed by atoms with Gasteiger partial charge in [0.25, 0.3) is 0 Å². The molecule has 10 aromatic carbocycles. The van der Waals surface area contributed by atoms with E-state index in [1.165, 1.54) is 12.1 Å². The Morgan fingerprint density at radius 1 is 0.357 bits per heavy atom. The predicted molar refractivity (Wildman–Crippen MR) is 280 cm³/mol. The zero-order valence-corrected chi connectivity index (χ0v) is 37.3. The molecule has 0 fully saturated rings. The highest BCUT2D eigenvalue weighted by Crippen LogP contribution is 2.51. The molecular weight excluding hydrogens is 870 g/mol. The van der Waals surface area contributed by atoms with E-state index in [2.05, 4.69) is 111 Å². The minimum absolute atomic E-state index is 0.110. The Labute approximate surface area is 401 Å². The Kier molecular flexibility index (Phi) is 10.0. The Morgan fingerprint density at radius 3 is 1.10 bits per heavy atom. The van der Waals surface area contributed by atoms with Gasteiger partial charge in [-0.3, -0.25) is 0 Å². The van der Waals surface area contributed by atoms with E-state index in [1.54, 1.807) is 12.1 Å².